The molecule has 28 heavy (non-hydrogen) atoms. The maximum Gasteiger partial charge on any atom is 0.258 e. The van der Waals surface area contributed by atoms with Crippen LogP contribution in [0.2, 0.25) is 0 Å². The number of rotatable bonds is 9. The quantitative estimate of drug-likeness (QED) is 0.616. The summed E-state index contributed by atoms with van der Waals surface area (Å²) in [4.78, 5) is 12.2. The van der Waals surface area contributed by atoms with Crippen LogP contribution in [0.1, 0.15) is 43.2 Å². The number of ether oxygens (including phenoxy) is 1. The molecule has 0 saturated heterocycles. The molecule has 0 radical (unpaired) electrons. The Morgan fingerprint density at radius 3 is 2.46 bits per heavy atom. The molecule has 0 aliphatic heterocycles. The largest absolute Gasteiger partial charge is 0.483 e. The Bertz CT molecular complexity index is 703. The van der Waals surface area contributed by atoms with E-state index in [1.165, 1.54) is 24.8 Å². The van der Waals surface area contributed by atoms with Gasteiger partial charge in [0, 0.05) is 18.2 Å². The van der Waals surface area contributed by atoms with Gasteiger partial charge in [0.25, 0.3) is 5.91 Å². The third-order valence-corrected chi connectivity index (χ3v) is 5.05. The van der Waals surface area contributed by atoms with Gasteiger partial charge in [-0.1, -0.05) is 67.8 Å². The highest BCUT2D eigenvalue weighted by Gasteiger charge is 2.16. The van der Waals surface area contributed by atoms with Crippen molar-refractivity contribution in [1.82, 2.24) is 10.6 Å². The molecule has 1 aliphatic carbocycles. The number of hydrogen-bond acceptors (Lipinski definition) is 3. The molecule has 1 aliphatic rings. The first-order valence-electron chi connectivity index (χ1n) is 10.1. The number of para-hydroxylation sites is 1. The fourth-order valence-corrected chi connectivity index (χ4v) is 3.55. The molecule has 0 atom stereocenters. The summed E-state index contributed by atoms with van der Waals surface area (Å²) in [6.45, 7) is 1.71. The lowest BCUT2D eigenvalue weighted by Crippen LogP contribution is -2.39. The van der Waals surface area contributed by atoms with Crippen LogP contribution in [-0.2, 0) is 17.8 Å². The van der Waals surface area contributed by atoms with E-state index >= 15 is 0 Å². The maximum atomic E-state index is 12.2. The summed E-state index contributed by atoms with van der Waals surface area (Å²) < 4.78 is 5.80. The number of benzene rings is 2. The van der Waals surface area contributed by atoms with Crippen molar-refractivity contribution in [2.24, 2.45) is 0 Å². The van der Waals surface area contributed by atoms with Crippen LogP contribution in [0.15, 0.2) is 54.6 Å². The van der Waals surface area contributed by atoms with Gasteiger partial charge in [0.1, 0.15) is 5.75 Å². The number of hydrogen-bond donors (Lipinski definition) is 2. The summed E-state index contributed by atoms with van der Waals surface area (Å²) >= 11 is 0. The van der Waals surface area contributed by atoms with Crippen molar-refractivity contribution in [3.05, 3.63) is 65.7 Å². The van der Waals surface area contributed by atoms with E-state index < -0.39 is 0 Å². The van der Waals surface area contributed by atoms with Crippen molar-refractivity contribution < 1.29 is 9.53 Å². The second kappa shape index (κ2) is 12.4. The molecule has 2 aromatic rings. The number of nitrogens with one attached hydrogen (secondary N) is 2. The fraction of sp³-hybridized carbons (Fsp3) is 0.435. The Kier molecular flexibility index (Phi) is 9.87. The topological polar surface area (TPSA) is 50.4 Å². The molecular weight excluding hydrogens is 372 g/mol. The van der Waals surface area contributed by atoms with Crippen LogP contribution < -0.4 is 15.4 Å². The standard InChI is InChI=1S/C23H30N2O2.ClH/c26-23(25-21-12-5-2-6-13-21)18-27-22-14-8-7-11-20(22)17-24-16-15-19-9-3-1-4-10-19;/h1,3-4,7-11,14,21,24H,2,5-6,12-13,15-18H2,(H,25,26);1H. The fourth-order valence-electron chi connectivity index (χ4n) is 3.55. The lowest BCUT2D eigenvalue weighted by atomic mass is 9.95. The van der Waals surface area contributed by atoms with Crippen molar-refractivity contribution in [2.45, 2.75) is 51.1 Å². The predicted octanol–water partition coefficient (Wildman–Crippen LogP) is 4.27. The molecule has 0 bridgehead atoms. The molecule has 0 aromatic heterocycles. The van der Waals surface area contributed by atoms with Crippen molar-refractivity contribution in [3.63, 3.8) is 0 Å². The van der Waals surface area contributed by atoms with E-state index in [-0.39, 0.29) is 24.9 Å². The second-order valence-electron chi connectivity index (χ2n) is 7.21. The number of carbonyl (C=O) groups excluding carboxylic acids is 1. The van der Waals surface area contributed by atoms with Crippen LogP contribution in [-0.4, -0.2) is 25.1 Å². The first kappa shape index (κ1) is 22.3. The smallest absolute Gasteiger partial charge is 0.258 e. The van der Waals surface area contributed by atoms with Gasteiger partial charge in [0.2, 0.25) is 0 Å². The molecule has 2 aromatic carbocycles. The zero-order valence-electron chi connectivity index (χ0n) is 16.4. The van der Waals surface area contributed by atoms with Gasteiger partial charge in [-0.05, 0) is 37.4 Å². The van der Waals surface area contributed by atoms with E-state index in [2.05, 4.69) is 34.9 Å². The molecular formula is C23H31ClN2O2. The van der Waals surface area contributed by atoms with E-state index in [0.29, 0.717) is 6.04 Å². The van der Waals surface area contributed by atoms with Gasteiger partial charge in [-0.25, -0.2) is 0 Å². The van der Waals surface area contributed by atoms with Gasteiger partial charge >= 0.3 is 0 Å². The number of carbonyl (C=O) groups is 1. The highest BCUT2D eigenvalue weighted by atomic mass is 35.5. The average molecular weight is 403 g/mol. The third kappa shape index (κ3) is 7.53. The number of halogens is 1. The maximum absolute atomic E-state index is 12.2. The Labute approximate surface area is 174 Å². The Morgan fingerprint density at radius 1 is 0.964 bits per heavy atom. The van der Waals surface area contributed by atoms with Gasteiger partial charge in [-0.3, -0.25) is 4.79 Å². The van der Waals surface area contributed by atoms with Crippen molar-refractivity contribution in [2.75, 3.05) is 13.2 Å². The SMILES string of the molecule is Cl.O=C(COc1ccccc1CNCCc1ccccc1)NC1CCCCC1. The summed E-state index contributed by atoms with van der Waals surface area (Å²) in [5.41, 5.74) is 2.41. The molecule has 152 valence electrons. The van der Waals surface area contributed by atoms with Crippen molar-refractivity contribution in [1.29, 1.82) is 0 Å². The van der Waals surface area contributed by atoms with Crippen LogP contribution in [0.5, 0.6) is 5.75 Å². The molecule has 3 rings (SSSR count). The van der Waals surface area contributed by atoms with Crippen LogP contribution in [0.4, 0.5) is 0 Å². The van der Waals surface area contributed by atoms with Crippen LogP contribution in [0.3, 0.4) is 0 Å². The van der Waals surface area contributed by atoms with Gasteiger partial charge < -0.3 is 15.4 Å². The zero-order valence-corrected chi connectivity index (χ0v) is 17.2. The van der Waals surface area contributed by atoms with Crippen molar-refractivity contribution >= 4 is 18.3 Å². The minimum absolute atomic E-state index is 0. The lowest BCUT2D eigenvalue weighted by Gasteiger charge is -2.22. The molecule has 4 nitrogen and oxygen atoms in total. The molecule has 1 saturated carbocycles. The first-order valence-corrected chi connectivity index (χ1v) is 10.1. The van der Waals surface area contributed by atoms with Crippen LogP contribution >= 0.6 is 12.4 Å². The van der Waals surface area contributed by atoms with E-state index in [4.69, 9.17) is 4.74 Å². The van der Waals surface area contributed by atoms with Crippen molar-refractivity contribution in [3.8, 4) is 5.75 Å². The Balaban J connectivity index is 0.00000280. The highest BCUT2D eigenvalue weighted by Crippen LogP contribution is 2.19. The summed E-state index contributed by atoms with van der Waals surface area (Å²) in [6.07, 6.45) is 6.88. The molecule has 1 fully saturated rings. The highest BCUT2D eigenvalue weighted by molar-refractivity contribution is 5.85. The normalized spacial score (nSPS) is 14.1. The minimum atomic E-state index is -0.0197. The van der Waals surface area contributed by atoms with Gasteiger partial charge in [-0.2, -0.15) is 0 Å². The van der Waals surface area contributed by atoms with E-state index in [9.17, 15) is 4.79 Å². The zero-order chi connectivity index (χ0) is 18.7. The summed E-state index contributed by atoms with van der Waals surface area (Å²) in [5, 5.41) is 6.56. The van der Waals surface area contributed by atoms with E-state index in [1.807, 2.05) is 30.3 Å². The lowest BCUT2D eigenvalue weighted by molar-refractivity contribution is -0.124. The minimum Gasteiger partial charge on any atom is -0.483 e. The average Bonchev–Trinajstić information content (AvgIpc) is 2.72. The molecule has 5 heteroatoms. The molecule has 0 spiro atoms. The van der Waals surface area contributed by atoms with E-state index in [0.717, 1.165) is 43.7 Å². The summed E-state index contributed by atoms with van der Waals surface area (Å²) in [6, 6.07) is 18.7. The molecule has 2 N–H and O–H groups in total. The third-order valence-electron chi connectivity index (χ3n) is 5.05. The molecule has 0 unspecified atom stereocenters. The van der Waals surface area contributed by atoms with Gasteiger partial charge in [0.15, 0.2) is 6.61 Å². The summed E-state index contributed by atoms with van der Waals surface area (Å²) in [5.74, 6) is 0.761. The summed E-state index contributed by atoms with van der Waals surface area (Å²) in [7, 11) is 0. The van der Waals surface area contributed by atoms with Crippen LogP contribution in [0.25, 0.3) is 0 Å². The molecule has 0 heterocycles. The Morgan fingerprint density at radius 2 is 1.68 bits per heavy atom. The van der Waals surface area contributed by atoms with Gasteiger partial charge in [-0.15, -0.1) is 12.4 Å². The van der Waals surface area contributed by atoms with Gasteiger partial charge in [0.05, 0.1) is 0 Å². The predicted molar refractivity (Wildman–Crippen MR) is 116 cm³/mol. The Hall–Kier alpha value is -2.04. The number of amides is 1. The first-order chi connectivity index (χ1) is 13.3. The van der Waals surface area contributed by atoms with Crippen LogP contribution in [0, 0.1) is 0 Å². The van der Waals surface area contributed by atoms with E-state index in [1.54, 1.807) is 0 Å². The second-order valence-corrected chi connectivity index (χ2v) is 7.21. The molecule has 1 amide bonds. The monoisotopic (exact) mass is 402 g/mol.